The maximum atomic E-state index is 14.0. The second-order valence-corrected chi connectivity index (χ2v) is 6.41. The van der Waals surface area contributed by atoms with Gasteiger partial charge in [0.1, 0.15) is 0 Å². The molecule has 2 unspecified atom stereocenters. The molecule has 20 heteroatoms. The number of ether oxygens (including phenoxy) is 2. The van der Waals surface area contributed by atoms with E-state index in [9.17, 15) is 75.0 Å². The average Bonchev–Trinajstić information content (AvgIpc) is 2.99. The van der Waals surface area contributed by atoms with Crippen molar-refractivity contribution in [3.05, 3.63) is 12.3 Å². The molecule has 2 atom stereocenters. The van der Waals surface area contributed by atoms with Gasteiger partial charge >= 0.3 is 42.5 Å². The Bertz CT molecular complexity index is 770. The van der Waals surface area contributed by atoms with Crippen molar-refractivity contribution in [3.8, 4) is 0 Å². The van der Waals surface area contributed by atoms with Crippen LogP contribution in [-0.4, -0.2) is 66.0 Å². The molecule has 0 aromatic heterocycles. The Morgan fingerprint density at radius 3 is 1.62 bits per heavy atom. The van der Waals surface area contributed by atoms with Crippen LogP contribution < -0.4 is 0 Å². The van der Waals surface area contributed by atoms with Crippen molar-refractivity contribution in [1.29, 1.82) is 0 Å². The summed E-state index contributed by atoms with van der Waals surface area (Å²) in [7, 11) is 0. The second kappa shape index (κ2) is 8.90. The molecule has 0 aromatic carbocycles. The molecular formula is C14H9F16NO3. The van der Waals surface area contributed by atoms with Gasteiger partial charge in [-0.05, 0) is 12.5 Å². The zero-order chi connectivity index (χ0) is 27.2. The molecule has 0 N–H and O–H groups in total. The van der Waals surface area contributed by atoms with Crippen LogP contribution in [0.5, 0.6) is 0 Å². The lowest BCUT2D eigenvalue weighted by Gasteiger charge is -2.39. The molecule has 0 spiro atoms. The number of hydrogen-bond acceptors (Lipinski definition) is 3. The maximum Gasteiger partial charge on any atom is 0.462 e. The van der Waals surface area contributed by atoms with Gasteiger partial charge in [-0.3, -0.25) is 14.3 Å². The molecule has 1 aliphatic rings. The number of rotatable bonds is 8. The van der Waals surface area contributed by atoms with Crippen molar-refractivity contribution in [2.24, 2.45) is 0 Å². The van der Waals surface area contributed by atoms with Crippen LogP contribution in [0, 0.1) is 0 Å². The van der Waals surface area contributed by atoms with E-state index in [4.69, 9.17) is 0 Å². The van der Waals surface area contributed by atoms with Crippen LogP contribution in [0.25, 0.3) is 0 Å². The Morgan fingerprint density at radius 2 is 1.26 bits per heavy atom. The summed E-state index contributed by atoms with van der Waals surface area (Å²) >= 11 is 0. The van der Waals surface area contributed by atoms with Crippen molar-refractivity contribution in [3.63, 3.8) is 0 Å². The Kier molecular flexibility index (Phi) is 7.87. The highest BCUT2D eigenvalue weighted by atomic mass is 19.4. The zero-order valence-electron chi connectivity index (χ0n) is 15.6. The second-order valence-electron chi connectivity index (χ2n) is 6.41. The Hall–Kier alpha value is -1.99. The highest BCUT2D eigenvalue weighted by Crippen LogP contribution is 2.55. The van der Waals surface area contributed by atoms with E-state index in [0.717, 1.165) is 0 Å². The van der Waals surface area contributed by atoms with Gasteiger partial charge in [-0.15, -0.1) is 0 Å². The number of halogens is 16. The van der Waals surface area contributed by atoms with E-state index in [-0.39, 0.29) is 25.6 Å². The molecule has 1 fully saturated rings. The van der Waals surface area contributed by atoms with Crippen molar-refractivity contribution in [2.45, 2.75) is 61.5 Å². The molecule has 0 saturated carbocycles. The minimum Gasteiger partial charge on any atom is -0.319 e. The van der Waals surface area contributed by atoms with Gasteiger partial charge in [0.2, 0.25) is 5.91 Å². The standard InChI is InChI=1S/C14H9F16NO3/c15-8(16,17)6(3-5-31-4-1-2-7(31)32)33-14(29,30)10(20,12(24,25)26)34-13(27,28)9(18,19)11(21,22)23/h3,5-6H,1-2,4H2/b5-3+. The third kappa shape index (κ3) is 5.80. The van der Waals surface area contributed by atoms with Gasteiger partial charge in [0.25, 0.3) is 0 Å². The lowest BCUT2D eigenvalue weighted by Crippen LogP contribution is -2.66. The average molecular weight is 543 g/mol. The monoisotopic (exact) mass is 543 g/mol. The van der Waals surface area contributed by atoms with Crippen LogP contribution in [0.1, 0.15) is 12.8 Å². The summed E-state index contributed by atoms with van der Waals surface area (Å²) in [4.78, 5) is 11.7. The number of amides is 1. The topological polar surface area (TPSA) is 38.8 Å². The summed E-state index contributed by atoms with van der Waals surface area (Å²) in [6.45, 7) is -0.312. The lowest BCUT2D eigenvalue weighted by atomic mass is 10.2. The highest BCUT2D eigenvalue weighted by Gasteiger charge is 2.84. The summed E-state index contributed by atoms with van der Waals surface area (Å²) in [5.74, 6) is -16.3. The zero-order valence-corrected chi connectivity index (χ0v) is 15.6. The Morgan fingerprint density at radius 1 is 0.765 bits per heavy atom. The summed E-state index contributed by atoms with van der Waals surface area (Å²) in [5, 5.41) is 0. The first-order valence-corrected chi connectivity index (χ1v) is 8.18. The number of alkyl halides is 16. The van der Waals surface area contributed by atoms with Crippen molar-refractivity contribution in [1.82, 2.24) is 4.90 Å². The molecule has 200 valence electrons. The summed E-state index contributed by atoms with van der Waals surface area (Å²) < 4.78 is 211. The minimum atomic E-state index is -7.73. The maximum absolute atomic E-state index is 14.0. The van der Waals surface area contributed by atoms with E-state index in [2.05, 4.69) is 4.74 Å². The Labute approximate surface area is 177 Å². The van der Waals surface area contributed by atoms with Crippen LogP contribution in [0.2, 0.25) is 0 Å². The SMILES string of the molecule is O=C1CCCN1/C=C/C(OC(F)(F)C(F)(OC(F)(F)C(F)(F)C(F)(F)F)C(F)(F)F)C(F)(F)F. The Balaban J connectivity index is 3.43. The molecule has 1 aliphatic heterocycles. The smallest absolute Gasteiger partial charge is 0.319 e. The first-order chi connectivity index (χ1) is 14.8. The van der Waals surface area contributed by atoms with Gasteiger partial charge in [0.15, 0.2) is 6.10 Å². The summed E-state index contributed by atoms with van der Waals surface area (Å²) in [5.41, 5.74) is 0. The molecule has 34 heavy (non-hydrogen) atoms. The number of carbonyl (C=O) groups excluding carboxylic acids is 1. The normalized spacial score (nSPS) is 20.2. The first kappa shape index (κ1) is 30.0. The van der Waals surface area contributed by atoms with Gasteiger partial charge in [-0.2, -0.15) is 70.2 Å². The fourth-order valence-electron chi connectivity index (χ4n) is 2.15. The van der Waals surface area contributed by atoms with Gasteiger partial charge in [0.05, 0.1) is 0 Å². The molecule has 4 nitrogen and oxygen atoms in total. The molecule has 1 rings (SSSR count). The van der Waals surface area contributed by atoms with E-state index in [1.807, 2.05) is 0 Å². The minimum absolute atomic E-state index is 0.0366. The summed E-state index contributed by atoms with van der Waals surface area (Å²) in [6, 6.07) is 0. The molecule has 0 bridgehead atoms. The molecule has 0 aromatic rings. The number of carbonyl (C=O) groups is 1. The van der Waals surface area contributed by atoms with Gasteiger partial charge in [-0.1, -0.05) is 0 Å². The predicted octanol–water partition coefficient (Wildman–Crippen LogP) is 5.70. The molecule has 0 radical (unpaired) electrons. The third-order valence-corrected chi connectivity index (χ3v) is 3.88. The highest BCUT2D eigenvalue weighted by molar-refractivity contribution is 5.79. The van der Waals surface area contributed by atoms with Crippen molar-refractivity contribution in [2.75, 3.05) is 6.54 Å². The molecular weight excluding hydrogens is 534 g/mol. The first-order valence-electron chi connectivity index (χ1n) is 8.18. The van der Waals surface area contributed by atoms with Gasteiger partial charge in [-0.25, -0.2) is 0 Å². The molecule has 1 saturated heterocycles. The van der Waals surface area contributed by atoms with E-state index in [1.54, 1.807) is 0 Å². The van der Waals surface area contributed by atoms with Crippen LogP contribution >= 0.6 is 0 Å². The van der Waals surface area contributed by atoms with Crippen molar-refractivity contribution >= 4 is 5.91 Å². The van der Waals surface area contributed by atoms with Crippen LogP contribution in [0.4, 0.5) is 70.2 Å². The third-order valence-electron chi connectivity index (χ3n) is 3.88. The van der Waals surface area contributed by atoms with Gasteiger partial charge < -0.3 is 4.90 Å². The number of hydrogen-bond donors (Lipinski definition) is 0. The fraction of sp³-hybridized carbons (Fsp3) is 0.786. The quantitative estimate of drug-likeness (QED) is 0.369. The predicted molar refractivity (Wildman–Crippen MR) is 72.9 cm³/mol. The van der Waals surface area contributed by atoms with Crippen LogP contribution in [0.3, 0.4) is 0 Å². The van der Waals surface area contributed by atoms with Crippen LogP contribution in [0.15, 0.2) is 12.3 Å². The largest absolute Gasteiger partial charge is 0.462 e. The summed E-state index contributed by atoms with van der Waals surface area (Å²) in [6.07, 6.45) is -41.4. The number of nitrogens with zero attached hydrogens (tertiary/aromatic N) is 1. The van der Waals surface area contributed by atoms with E-state index < -0.39 is 60.6 Å². The van der Waals surface area contributed by atoms with Crippen LogP contribution in [-0.2, 0) is 14.3 Å². The van der Waals surface area contributed by atoms with E-state index >= 15 is 0 Å². The van der Waals surface area contributed by atoms with E-state index in [0.29, 0.717) is 4.90 Å². The van der Waals surface area contributed by atoms with E-state index in [1.165, 1.54) is 4.74 Å². The molecule has 1 heterocycles. The lowest BCUT2D eigenvalue weighted by molar-refractivity contribution is -0.538. The van der Waals surface area contributed by atoms with Crippen molar-refractivity contribution < 1.29 is 84.5 Å². The molecule has 0 aliphatic carbocycles. The fourth-order valence-corrected chi connectivity index (χ4v) is 2.15. The molecule has 1 amide bonds. The van der Waals surface area contributed by atoms with Gasteiger partial charge in [0, 0.05) is 19.2 Å². The number of likely N-dealkylation sites (tertiary alicyclic amines) is 1.